The van der Waals surface area contributed by atoms with E-state index < -0.39 is 11.2 Å². The largest absolute Gasteiger partial charge is 0.366 e. The lowest BCUT2D eigenvalue weighted by Crippen LogP contribution is -2.33. The highest BCUT2D eigenvalue weighted by atomic mass is 32.2. The van der Waals surface area contributed by atoms with Gasteiger partial charge in [0.05, 0.1) is 11.0 Å². The minimum atomic E-state index is -0.491. The molecule has 0 saturated carbocycles. The molecule has 2 rings (SSSR count). The SMILES string of the molecule is CC(SCC(=O)Nc1ccc(F)cc1)C(=O)NCCc1cccc(C(N)=O)c1. The van der Waals surface area contributed by atoms with Crippen molar-refractivity contribution in [3.63, 3.8) is 0 Å². The number of nitrogens with one attached hydrogen (secondary N) is 2. The Balaban J connectivity index is 1.70. The van der Waals surface area contributed by atoms with Crippen molar-refractivity contribution in [1.82, 2.24) is 5.32 Å². The number of thioether (sulfide) groups is 1. The highest BCUT2D eigenvalue weighted by Crippen LogP contribution is 2.13. The van der Waals surface area contributed by atoms with Crippen LogP contribution in [-0.4, -0.2) is 35.3 Å². The molecule has 0 heterocycles. The maximum atomic E-state index is 12.9. The predicted molar refractivity (Wildman–Crippen MR) is 109 cm³/mol. The smallest absolute Gasteiger partial charge is 0.248 e. The monoisotopic (exact) mass is 403 g/mol. The standard InChI is InChI=1S/C20H22FN3O3S/c1-13(28-12-18(25)24-17-7-5-16(21)6-8-17)20(27)23-10-9-14-3-2-4-15(11-14)19(22)26/h2-8,11,13H,9-10,12H2,1H3,(H2,22,26)(H,23,27)(H,24,25). The molecule has 0 bridgehead atoms. The van der Waals surface area contributed by atoms with E-state index in [0.29, 0.717) is 24.2 Å². The molecule has 0 spiro atoms. The van der Waals surface area contributed by atoms with Crippen LogP contribution in [0.5, 0.6) is 0 Å². The Bertz CT molecular complexity index is 843. The molecule has 0 radical (unpaired) electrons. The van der Waals surface area contributed by atoms with E-state index in [4.69, 9.17) is 5.73 Å². The third-order valence-corrected chi connectivity index (χ3v) is 5.03. The lowest BCUT2D eigenvalue weighted by atomic mass is 10.1. The van der Waals surface area contributed by atoms with Gasteiger partial charge >= 0.3 is 0 Å². The minimum absolute atomic E-state index is 0.104. The predicted octanol–water partition coefficient (Wildman–Crippen LogP) is 2.34. The average Bonchev–Trinajstić information content (AvgIpc) is 2.68. The fraction of sp³-hybridized carbons (Fsp3) is 0.250. The Labute approximate surface area is 167 Å². The first-order valence-corrected chi connectivity index (χ1v) is 9.73. The summed E-state index contributed by atoms with van der Waals surface area (Å²) < 4.78 is 12.9. The Morgan fingerprint density at radius 1 is 1.14 bits per heavy atom. The summed E-state index contributed by atoms with van der Waals surface area (Å²) in [6.45, 7) is 2.13. The molecule has 148 valence electrons. The van der Waals surface area contributed by atoms with E-state index in [1.807, 2.05) is 6.07 Å². The topological polar surface area (TPSA) is 101 Å². The molecule has 3 amide bonds. The Morgan fingerprint density at radius 2 is 1.86 bits per heavy atom. The molecule has 0 aliphatic carbocycles. The number of hydrogen-bond donors (Lipinski definition) is 3. The first kappa shape index (κ1) is 21.4. The molecule has 1 atom stereocenters. The van der Waals surface area contributed by atoms with Crippen molar-refractivity contribution < 1.29 is 18.8 Å². The molecule has 4 N–H and O–H groups in total. The summed E-state index contributed by atoms with van der Waals surface area (Å²) in [6.07, 6.45) is 0.565. The van der Waals surface area contributed by atoms with Crippen molar-refractivity contribution in [3.05, 3.63) is 65.5 Å². The molecule has 6 nitrogen and oxygen atoms in total. The van der Waals surface area contributed by atoms with E-state index >= 15 is 0 Å². The van der Waals surface area contributed by atoms with Crippen molar-refractivity contribution in [2.24, 2.45) is 5.73 Å². The average molecular weight is 403 g/mol. The van der Waals surface area contributed by atoms with Gasteiger partial charge in [-0.15, -0.1) is 11.8 Å². The number of carbonyl (C=O) groups excluding carboxylic acids is 3. The van der Waals surface area contributed by atoms with Gasteiger partial charge in [0, 0.05) is 17.8 Å². The van der Waals surface area contributed by atoms with Crippen molar-refractivity contribution in [1.29, 1.82) is 0 Å². The number of anilines is 1. The van der Waals surface area contributed by atoms with Crippen LogP contribution >= 0.6 is 11.8 Å². The number of benzene rings is 2. The quantitative estimate of drug-likeness (QED) is 0.598. The fourth-order valence-electron chi connectivity index (χ4n) is 2.36. The summed E-state index contributed by atoms with van der Waals surface area (Å²) >= 11 is 1.21. The van der Waals surface area contributed by atoms with E-state index in [0.717, 1.165) is 5.56 Å². The van der Waals surface area contributed by atoms with Gasteiger partial charge in [-0.05, 0) is 55.3 Å². The van der Waals surface area contributed by atoms with E-state index in [1.54, 1.807) is 25.1 Å². The van der Waals surface area contributed by atoms with Crippen molar-refractivity contribution in [3.8, 4) is 0 Å². The number of primary amides is 1. The lowest BCUT2D eigenvalue weighted by Gasteiger charge is -2.12. The fourth-order valence-corrected chi connectivity index (χ4v) is 3.07. The summed E-state index contributed by atoms with van der Waals surface area (Å²) in [6, 6.07) is 12.4. The summed E-state index contributed by atoms with van der Waals surface area (Å²) in [5, 5.41) is 5.05. The Hall–Kier alpha value is -2.87. The number of carbonyl (C=O) groups is 3. The zero-order chi connectivity index (χ0) is 20.5. The van der Waals surface area contributed by atoms with Crippen LogP contribution in [-0.2, 0) is 16.0 Å². The second-order valence-corrected chi connectivity index (χ2v) is 7.44. The molecule has 28 heavy (non-hydrogen) atoms. The number of rotatable bonds is 9. The van der Waals surface area contributed by atoms with Crippen LogP contribution in [0.2, 0.25) is 0 Å². The summed E-state index contributed by atoms with van der Waals surface area (Å²) in [5.41, 5.74) is 7.08. The first-order valence-electron chi connectivity index (χ1n) is 8.68. The minimum Gasteiger partial charge on any atom is -0.366 e. The Morgan fingerprint density at radius 3 is 2.54 bits per heavy atom. The molecule has 0 saturated heterocycles. The first-order chi connectivity index (χ1) is 13.3. The zero-order valence-electron chi connectivity index (χ0n) is 15.4. The molecular formula is C20H22FN3O3S. The van der Waals surface area contributed by atoms with Gasteiger partial charge in [0.2, 0.25) is 17.7 Å². The highest BCUT2D eigenvalue weighted by molar-refractivity contribution is 8.01. The van der Waals surface area contributed by atoms with E-state index in [1.165, 1.54) is 36.0 Å². The van der Waals surface area contributed by atoms with Crippen LogP contribution in [0.1, 0.15) is 22.8 Å². The van der Waals surface area contributed by atoms with E-state index in [9.17, 15) is 18.8 Å². The molecular weight excluding hydrogens is 381 g/mol. The van der Waals surface area contributed by atoms with Crippen LogP contribution in [0.25, 0.3) is 0 Å². The van der Waals surface area contributed by atoms with E-state index in [2.05, 4.69) is 10.6 Å². The number of halogens is 1. The summed E-state index contributed by atoms with van der Waals surface area (Å²) in [4.78, 5) is 35.2. The van der Waals surface area contributed by atoms with Gasteiger partial charge in [-0.1, -0.05) is 12.1 Å². The lowest BCUT2D eigenvalue weighted by molar-refractivity contribution is -0.120. The van der Waals surface area contributed by atoms with Gasteiger partial charge in [0.1, 0.15) is 5.82 Å². The maximum absolute atomic E-state index is 12.9. The van der Waals surface area contributed by atoms with Crippen LogP contribution in [0.15, 0.2) is 48.5 Å². The molecule has 0 aliphatic rings. The molecule has 2 aromatic rings. The summed E-state index contributed by atoms with van der Waals surface area (Å²) in [5.74, 6) is -1.20. The number of nitrogens with two attached hydrogens (primary N) is 1. The molecule has 0 fully saturated rings. The molecule has 0 aliphatic heterocycles. The van der Waals surface area contributed by atoms with Gasteiger partial charge < -0.3 is 16.4 Å². The molecule has 2 aromatic carbocycles. The highest BCUT2D eigenvalue weighted by Gasteiger charge is 2.15. The van der Waals surface area contributed by atoms with Crippen LogP contribution in [0.3, 0.4) is 0 Å². The maximum Gasteiger partial charge on any atom is 0.248 e. The van der Waals surface area contributed by atoms with Crippen molar-refractivity contribution >= 4 is 35.2 Å². The second-order valence-electron chi connectivity index (χ2n) is 6.11. The number of hydrogen-bond acceptors (Lipinski definition) is 4. The number of amides is 3. The van der Waals surface area contributed by atoms with Crippen LogP contribution in [0.4, 0.5) is 10.1 Å². The molecule has 8 heteroatoms. The third-order valence-electron chi connectivity index (χ3n) is 3.89. The van der Waals surface area contributed by atoms with Crippen LogP contribution < -0.4 is 16.4 Å². The van der Waals surface area contributed by atoms with Crippen molar-refractivity contribution in [2.75, 3.05) is 17.6 Å². The van der Waals surface area contributed by atoms with E-state index in [-0.39, 0.29) is 23.4 Å². The van der Waals surface area contributed by atoms with Crippen LogP contribution in [0, 0.1) is 5.82 Å². The normalized spacial score (nSPS) is 11.5. The zero-order valence-corrected chi connectivity index (χ0v) is 16.2. The second kappa shape index (κ2) is 10.5. The van der Waals surface area contributed by atoms with Crippen molar-refractivity contribution in [2.45, 2.75) is 18.6 Å². The van der Waals surface area contributed by atoms with Gasteiger partial charge in [0.15, 0.2) is 0 Å². The molecule has 0 aromatic heterocycles. The summed E-state index contributed by atoms with van der Waals surface area (Å²) in [7, 11) is 0. The Kier molecular flexibility index (Phi) is 8.01. The van der Waals surface area contributed by atoms with Gasteiger partial charge in [-0.3, -0.25) is 14.4 Å². The molecule has 1 unspecified atom stereocenters. The van der Waals surface area contributed by atoms with Gasteiger partial charge in [-0.25, -0.2) is 4.39 Å². The van der Waals surface area contributed by atoms with Gasteiger partial charge in [0.25, 0.3) is 0 Å². The van der Waals surface area contributed by atoms with Gasteiger partial charge in [-0.2, -0.15) is 0 Å². The third kappa shape index (κ3) is 7.03.